The molecule has 0 aliphatic rings. The molecule has 0 radical (unpaired) electrons. The first-order valence-corrected chi connectivity index (χ1v) is 9.44. The van der Waals surface area contributed by atoms with Crippen LogP contribution in [-0.4, -0.2) is 45.3 Å². The fraction of sp³-hybridized carbons (Fsp3) is 0.286. The zero-order valence-electron chi connectivity index (χ0n) is 16.5. The van der Waals surface area contributed by atoms with Crippen molar-refractivity contribution in [2.45, 2.75) is 26.3 Å². The summed E-state index contributed by atoms with van der Waals surface area (Å²) < 4.78 is 1.17. The van der Waals surface area contributed by atoms with E-state index in [-0.39, 0.29) is 36.9 Å². The molecule has 3 aromatic rings. The second kappa shape index (κ2) is 9.09. The number of carbonyl (C=O) groups excluding carboxylic acids is 2. The van der Waals surface area contributed by atoms with Crippen molar-refractivity contribution < 1.29 is 9.59 Å². The molecule has 2 amide bonds. The molecule has 8 nitrogen and oxygen atoms in total. The van der Waals surface area contributed by atoms with Gasteiger partial charge in [-0.2, -0.15) is 0 Å². The van der Waals surface area contributed by atoms with Gasteiger partial charge in [-0.3, -0.25) is 14.4 Å². The van der Waals surface area contributed by atoms with Crippen LogP contribution in [0.5, 0.6) is 0 Å². The van der Waals surface area contributed by atoms with Crippen molar-refractivity contribution in [2.75, 3.05) is 18.9 Å². The van der Waals surface area contributed by atoms with Crippen LogP contribution in [0.25, 0.3) is 10.9 Å². The SMILES string of the molecule is CCc1ccccc1NC(=O)CN(C)C(=O)CCn1nnc2ccccc2c1=O. The van der Waals surface area contributed by atoms with Crippen LogP contribution in [0, 0.1) is 0 Å². The Labute approximate surface area is 168 Å². The predicted molar refractivity (Wildman–Crippen MR) is 111 cm³/mol. The molecule has 0 aliphatic carbocycles. The monoisotopic (exact) mass is 393 g/mol. The Morgan fingerprint density at radius 3 is 2.62 bits per heavy atom. The van der Waals surface area contributed by atoms with Crippen LogP contribution >= 0.6 is 0 Å². The Kier molecular flexibility index (Phi) is 6.33. The molecule has 8 heteroatoms. The normalized spacial score (nSPS) is 10.7. The number of rotatable bonds is 7. The number of hydrogen-bond donors (Lipinski definition) is 1. The molecule has 29 heavy (non-hydrogen) atoms. The van der Waals surface area contributed by atoms with Gasteiger partial charge in [-0.25, -0.2) is 4.68 Å². The molecule has 0 saturated heterocycles. The summed E-state index contributed by atoms with van der Waals surface area (Å²) >= 11 is 0. The number of aromatic nitrogens is 3. The van der Waals surface area contributed by atoms with Crippen LogP contribution < -0.4 is 10.9 Å². The van der Waals surface area contributed by atoms with E-state index in [9.17, 15) is 14.4 Å². The van der Waals surface area contributed by atoms with E-state index in [0.29, 0.717) is 10.9 Å². The highest BCUT2D eigenvalue weighted by molar-refractivity contribution is 5.95. The van der Waals surface area contributed by atoms with Crippen molar-refractivity contribution in [2.24, 2.45) is 0 Å². The Morgan fingerprint density at radius 1 is 1.10 bits per heavy atom. The van der Waals surface area contributed by atoms with Crippen LogP contribution in [0.15, 0.2) is 53.3 Å². The quantitative estimate of drug-likeness (QED) is 0.661. The number of likely N-dealkylation sites (N-methyl/N-ethyl adjacent to an activating group) is 1. The van der Waals surface area contributed by atoms with Crippen molar-refractivity contribution in [3.8, 4) is 0 Å². The summed E-state index contributed by atoms with van der Waals surface area (Å²) in [5.41, 5.74) is 2.00. The Balaban J connectivity index is 1.57. The summed E-state index contributed by atoms with van der Waals surface area (Å²) in [6.45, 7) is 2.04. The molecule has 0 atom stereocenters. The van der Waals surface area contributed by atoms with E-state index in [1.807, 2.05) is 31.2 Å². The third-order valence-electron chi connectivity index (χ3n) is 4.65. The molecule has 1 heterocycles. The highest BCUT2D eigenvalue weighted by Crippen LogP contribution is 2.15. The first kappa shape index (κ1) is 20.2. The van der Waals surface area contributed by atoms with Gasteiger partial charge in [0.15, 0.2) is 0 Å². The van der Waals surface area contributed by atoms with E-state index < -0.39 is 0 Å². The van der Waals surface area contributed by atoms with Crippen LogP contribution in [0.2, 0.25) is 0 Å². The molecule has 0 bridgehead atoms. The molecule has 0 spiro atoms. The second-order valence-corrected chi connectivity index (χ2v) is 6.69. The lowest BCUT2D eigenvalue weighted by Crippen LogP contribution is -2.36. The molecule has 3 rings (SSSR count). The average molecular weight is 393 g/mol. The minimum absolute atomic E-state index is 0.0439. The number of anilines is 1. The van der Waals surface area contributed by atoms with Crippen molar-refractivity contribution in [3.05, 3.63) is 64.4 Å². The number of carbonyl (C=O) groups is 2. The minimum Gasteiger partial charge on any atom is -0.336 e. The summed E-state index contributed by atoms with van der Waals surface area (Å²) in [6, 6.07) is 14.5. The second-order valence-electron chi connectivity index (χ2n) is 6.69. The standard InChI is InChI=1S/C21H23N5O3/c1-3-15-8-4-6-10-17(15)22-19(27)14-25(2)20(28)12-13-26-21(29)16-9-5-7-11-18(16)23-24-26/h4-11H,3,12-14H2,1-2H3,(H,22,27). The van der Waals surface area contributed by atoms with Crippen molar-refractivity contribution in [1.82, 2.24) is 19.9 Å². The number of hydrogen-bond acceptors (Lipinski definition) is 5. The molecule has 150 valence electrons. The van der Waals surface area contributed by atoms with E-state index in [1.165, 1.54) is 9.58 Å². The third kappa shape index (κ3) is 4.84. The first-order valence-electron chi connectivity index (χ1n) is 9.44. The molecule has 2 aromatic carbocycles. The molecule has 0 saturated carbocycles. The van der Waals surface area contributed by atoms with E-state index >= 15 is 0 Å². The highest BCUT2D eigenvalue weighted by atomic mass is 16.2. The Bertz CT molecular complexity index is 1090. The van der Waals surface area contributed by atoms with Gasteiger partial charge in [0.05, 0.1) is 18.5 Å². The van der Waals surface area contributed by atoms with E-state index in [2.05, 4.69) is 15.6 Å². The number of benzene rings is 2. The number of aryl methyl sites for hydroxylation is 2. The lowest BCUT2D eigenvalue weighted by Gasteiger charge is -2.17. The number of nitrogens with zero attached hydrogens (tertiary/aromatic N) is 4. The van der Waals surface area contributed by atoms with Gasteiger partial charge in [0, 0.05) is 19.2 Å². The Morgan fingerprint density at radius 2 is 1.83 bits per heavy atom. The molecule has 0 fully saturated rings. The maximum Gasteiger partial charge on any atom is 0.277 e. The van der Waals surface area contributed by atoms with Crippen LogP contribution in [-0.2, 0) is 22.6 Å². The average Bonchev–Trinajstić information content (AvgIpc) is 2.73. The maximum atomic E-state index is 12.4. The summed E-state index contributed by atoms with van der Waals surface area (Å²) in [5, 5.41) is 11.2. The minimum atomic E-state index is -0.292. The van der Waals surface area contributed by atoms with Crippen molar-refractivity contribution in [3.63, 3.8) is 0 Å². The lowest BCUT2D eigenvalue weighted by atomic mass is 10.1. The van der Waals surface area contributed by atoms with Crippen LogP contribution in [0.3, 0.4) is 0 Å². The van der Waals surface area contributed by atoms with Crippen molar-refractivity contribution in [1.29, 1.82) is 0 Å². The third-order valence-corrected chi connectivity index (χ3v) is 4.65. The molecule has 0 unspecified atom stereocenters. The van der Waals surface area contributed by atoms with E-state index in [4.69, 9.17) is 0 Å². The van der Waals surface area contributed by atoms with Crippen LogP contribution in [0.1, 0.15) is 18.9 Å². The number of para-hydroxylation sites is 1. The van der Waals surface area contributed by atoms with Gasteiger partial charge >= 0.3 is 0 Å². The summed E-state index contributed by atoms with van der Waals surface area (Å²) in [4.78, 5) is 38.4. The zero-order chi connectivity index (χ0) is 20.8. The molecular weight excluding hydrogens is 370 g/mol. The topological polar surface area (TPSA) is 97.2 Å². The maximum absolute atomic E-state index is 12.4. The van der Waals surface area contributed by atoms with E-state index in [1.54, 1.807) is 31.3 Å². The van der Waals surface area contributed by atoms with Gasteiger partial charge in [0.25, 0.3) is 5.56 Å². The lowest BCUT2D eigenvalue weighted by molar-refractivity contribution is -0.133. The molecule has 1 aromatic heterocycles. The molecular formula is C21H23N5O3. The van der Waals surface area contributed by atoms with Gasteiger partial charge < -0.3 is 10.2 Å². The number of nitrogens with one attached hydrogen (secondary N) is 1. The Hall–Kier alpha value is -3.55. The number of fused-ring (bicyclic) bond motifs is 1. The van der Waals surface area contributed by atoms with Gasteiger partial charge in [-0.15, -0.1) is 5.10 Å². The number of amides is 2. The van der Waals surface area contributed by atoms with Gasteiger partial charge in [0.1, 0.15) is 5.52 Å². The summed E-state index contributed by atoms with van der Waals surface area (Å²) in [5.74, 6) is -0.532. The highest BCUT2D eigenvalue weighted by Gasteiger charge is 2.15. The zero-order valence-corrected chi connectivity index (χ0v) is 16.5. The predicted octanol–water partition coefficient (Wildman–Crippen LogP) is 1.84. The van der Waals surface area contributed by atoms with Gasteiger partial charge in [-0.1, -0.05) is 42.5 Å². The van der Waals surface area contributed by atoms with E-state index in [0.717, 1.165) is 17.7 Å². The summed E-state index contributed by atoms with van der Waals surface area (Å²) in [7, 11) is 1.56. The summed E-state index contributed by atoms with van der Waals surface area (Å²) in [6.07, 6.45) is 0.842. The fourth-order valence-corrected chi connectivity index (χ4v) is 3.01. The molecule has 1 N–H and O–H groups in total. The fourth-order valence-electron chi connectivity index (χ4n) is 3.01. The van der Waals surface area contributed by atoms with Gasteiger partial charge in [0.2, 0.25) is 11.8 Å². The van der Waals surface area contributed by atoms with Gasteiger partial charge in [-0.05, 0) is 30.2 Å². The molecule has 0 aliphatic heterocycles. The van der Waals surface area contributed by atoms with Crippen molar-refractivity contribution >= 4 is 28.4 Å². The smallest absolute Gasteiger partial charge is 0.277 e. The first-order chi connectivity index (χ1) is 14.0. The van der Waals surface area contributed by atoms with Crippen LogP contribution in [0.4, 0.5) is 5.69 Å². The largest absolute Gasteiger partial charge is 0.336 e.